The maximum atomic E-state index is 16.4. The number of carbonyl (C=O) groups is 9. The Labute approximate surface area is 670 Å². The largest absolute Gasteiger partial charge is 0.508 e. The topological polar surface area (TPSA) is 520 Å². The van der Waals surface area contributed by atoms with Crippen LogP contribution in [0.5, 0.6) is 51.7 Å². The first-order chi connectivity index (χ1) is 55.4. The summed E-state index contributed by atoms with van der Waals surface area (Å²) in [6, 6.07) is 5.87. The molecule has 6 heterocycles. The summed E-state index contributed by atoms with van der Waals surface area (Å²) in [5, 5.41) is 124. The molecule has 14 atom stereocenters. The number of rotatable bonds is 18. The van der Waals surface area contributed by atoms with Gasteiger partial charge in [-0.2, -0.15) is 0 Å². The van der Waals surface area contributed by atoms with Gasteiger partial charge < -0.3 is 123 Å². The number of aliphatic hydroxyl groups excluding tert-OH is 5. The number of imide groups is 1. The fourth-order valence-corrected chi connectivity index (χ4v) is 17.0. The molecule has 10 aliphatic rings. The second-order valence-corrected chi connectivity index (χ2v) is 31.5. The molecule has 5 fully saturated rings. The third kappa shape index (κ3) is 18.0. The maximum Gasteiger partial charge on any atom is 0.325 e. The zero-order valence-corrected chi connectivity index (χ0v) is 64.6. The molecule has 116 heavy (non-hydrogen) atoms. The van der Waals surface area contributed by atoms with Crippen LogP contribution < -0.4 is 83.2 Å². The van der Waals surface area contributed by atoms with E-state index in [-0.39, 0.29) is 91.4 Å². The van der Waals surface area contributed by atoms with Gasteiger partial charge in [-0.1, -0.05) is 43.6 Å². The zero-order chi connectivity index (χ0) is 82.8. The molecule has 35 heteroatoms. The van der Waals surface area contributed by atoms with E-state index in [4.69, 9.17) is 41.0 Å². The quantitative estimate of drug-likeness (QED) is 0.0549. The summed E-state index contributed by atoms with van der Waals surface area (Å²) >= 11 is 7.19. The number of fused-ring (bicyclic) bond motifs is 15. The molecule has 4 saturated carbocycles. The number of phenols is 3. The first-order valence-electron chi connectivity index (χ1n) is 38.5. The smallest absolute Gasteiger partial charge is 0.325 e. The average molecular weight is 1620 g/mol. The number of amides is 10. The molecule has 6 aliphatic heterocycles. The molecular formula is C81H95ClN12O22. The SMILES string of the molecule is CNCCCOc1ccc(NC(=O)NC(=O)C[C@@H]2NC(=O)[C@H](NC(=O)[C@@H](CC(C)C)NC)[C@H](O)c3ccc(c(C)c3)Oc3cc4cc(c3O[C@@H]3O[C@H](CN)[C@@H](O)[C@H](O)[C@H]3O)Oc3ccc(cc3Cl)[C@@H](O)[C@@H]3NC(=O)[C@H](NC(=O)[C@@H]4NC2=O)c2ccc(O)c(c2)-c2c(O)cc(O)cc2[C@@H](C(=O)NC2C4CC5CC(C4)CC2C5)NC3=O)cc1. The van der Waals surface area contributed by atoms with E-state index < -0.39 is 192 Å². The minimum atomic E-state index is -2.34. The van der Waals surface area contributed by atoms with E-state index in [1.165, 1.54) is 56.4 Å². The van der Waals surface area contributed by atoms with Crippen LogP contribution in [-0.2, 0) is 43.1 Å². The average Bonchev–Trinajstić information content (AvgIpc) is 0.757. The highest BCUT2D eigenvalue weighted by atomic mass is 35.5. The second kappa shape index (κ2) is 35.3. The van der Waals surface area contributed by atoms with Gasteiger partial charge in [0, 0.05) is 35.5 Å². The number of benzene rings is 6. The Morgan fingerprint density at radius 1 is 0.647 bits per heavy atom. The molecule has 21 N–H and O–H groups in total. The molecule has 6 aromatic rings. The third-order valence-electron chi connectivity index (χ3n) is 22.4. The van der Waals surface area contributed by atoms with Gasteiger partial charge in [0.15, 0.2) is 11.5 Å². The van der Waals surface area contributed by atoms with Gasteiger partial charge >= 0.3 is 6.03 Å². The van der Waals surface area contributed by atoms with Gasteiger partial charge in [0.25, 0.3) is 0 Å². The number of carbonyl (C=O) groups excluding carboxylic acids is 9. The molecular weight excluding hydrogens is 1530 g/mol. The van der Waals surface area contributed by atoms with Gasteiger partial charge in [0.1, 0.15) is 107 Å². The van der Waals surface area contributed by atoms with Crippen LogP contribution in [0.25, 0.3) is 11.1 Å². The predicted octanol–water partition coefficient (Wildman–Crippen LogP) is 3.20. The highest BCUT2D eigenvalue weighted by molar-refractivity contribution is 6.32. The van der Waals surface area contributed by atoms with Gasteiger partial charge in [-0.05, 0) is 214 Å². The number of anilines is 1. The Bertz CT molecular complexity index is 4740. The number of hydrogen-bond acceptors (Lipinski definition) is 25. The lowest BCUT2D eigenvalue weighted by Crippen LogP contribution is -2.60. The Balaban J connectivity index is 0.980. The summed E-state index contributed by atoms with van der Waals surface area (Å²) in [7, 11) is 3.29. The first kappa shape index (κ1) is 83.0. The molecule has 4 aliphatic carbocycles. The standard InChI is InChI=1S/C81H95ClN12O22/c1-34(2)19-50(85-5)73(104)93-65-67(99)39-8-15-54(35(3)20-39)113-56-28-43-29-57(72(56)116-80-71(103)70(102)69(101)58(33-83)115-80)114-55-16-9-40(27-49(55)82)68(100)66-79(110)92-64(77(108)89-61-41-22-36-21-37(24-41)25-42(61)23-36)48-30-45(95)31-53(97)60(48)47-26-38(7-14-52(47)96)62(75(106)94-66)91-76(107)63(43)90-74(105)51(87-78(65)109)32-59(98)88-81(111)86-44-10-12-46(13-11-44)112-18-6-17-84-4/h7-16,20,26-31,34,36-37,41-42,50-51,58,61-71,80,84-85,95-97,99-103H,6,17-19,21-25,32-33,83H2,1-5H3,(H,87,109)(H,89,108)(H,90,105)(H,91,107)(H,92,110)(H,93,104)(H,94,106)(H2,86,88,98,111)/t36?,37?,41?,42?,50-,51+,58-,61?,62-,63-,64+,65-,66+,67-,68-,69-,70+,71-,80+/m1/s1. The lowest BCUT2D eigenvalue weighted by atomic mass is 9.54. The van der Waals surface area contributed by atoms with Crippen LogP contribution in [0.15, 0.2) is 103 Å². The molecule has 6 aromatic carbocycles. The van der Waals surface area contributed by atoms with Crippen molar-refractivity contribution in [2.45, 2.75) is 163 Å². The Morgan fingerprint density at radius 2 is 1.29 bits per heavy atom. The molecule has 15 bridgehead atoms. The Hall–Kier alpha value is -10.9. The van der Waals surface area contributed by atoms with E-state index in [9.17, 15) is 55.2 Å². The molecule has 0 unspecified atom stereocenters. The van der Waals surface area contributed by atoms with Crippen LogP contribution in [0, 0.1) is 36.5 Å². The van der Waals surface area contributed by atoms with Crippen molar-refractivity contribution >= 4 is 70.6 Å². The van der Waals surface area contributed by atoms with Crippen molar-refractivity contribution in [3.8, 4) is 62.9 Å². The number of aryl methyl sites for hydroxylation is 1. The molecule has 34 nitrogen and oxygen atoms in total. The van der Waals surface area contributed by atoms with Crippen molar-refractivity contribution in [1.29, 1.82) is 0 Å². The number of aliphatic hydroxyl groups is 5. The molecule has 10 amide bonds. The van der Waals surface area contributed by atoms with Gasteiger partial charge in [-0.3, -0.25) is 43.7 Å². The summed E-state index contributed by atoms with van der Waals surface area (Å²) in [4.78, 5) is 138. The summed E-state index contributed by atoms with van der Waals surface area (Å²) < 4.78 is 31.6. The number of likely N-dealkylation sites (N-methyl/N-ethyl adjacent to an activating group) is 1. The van der Waals surface area contributed by atoms with Gasteiger partial charge in [-0.15, -0.1) is 0 Å². The van der Waals surface area contributed by atoms with E-state index in [2.05, 4.69) is 58.5 Å². The van der Waals surface area contributed by atoms with Crippen LogP contribution >= 0.6 is 11.6 Å². The number of ether oxygens (including phenoxy) is 5. The van der Waals surface area contributed by atoms with Crippen molar-refractivity contribution in [3.05, 3.63) is 142 Å². The second-order valence-electron chi connectivity index (χ2n) is 31.1. The number of aromatic hydroxyl groups is 3. The monoisotopic (exact) mass is 1620 g/mol. The number of nitrogens with one attached hydrogen (secondary N) is 11. The minimum Gasteiger partial charge on any atom is -0.508 e. The van der Waals surface area contributed by atoms with Crippen LogP contribution in [0.3, 0.4) is 0 Å². The van der Waals surface area contributed by atoms with Crippen LogP contribution in [0.1, 0.15) is 129 Å². The predicted molar refractivity (Wildman–Crippen MR) is 414 cm³/mol. The lowest BCUT2D eigenvalue weighted by molar-refractivity contribution is -0.270. The fourth-order valence-electron chi connectivity index (χ4n) is 16.8. The van der Waals surface area contributed by atoms with Crippen molar-refractivity contribution in [2.24, 2.45) is 35.3 Å². The minimum absolute atomic E-state index is 0.0413. The molecule has 618 valence electrons. The van der Waals surface area contributed by atoms with Crippen LogP contribution in [0.4, 0.5) is 10.5 Å². The molecule has 0 radical (unpaired) electrons. The van der Waals surface area contributed by atoms with Gasteiger partial charge in [0.05, 0.1) is 24.1 Å². The number of hydrogen-bond donors (Lipinski definition) is 20. The normalized spacial score (nSPS) is 27.7. The van der Waals surface area contributed by atoms with E-state index >= 15 is 28.8 Å². The number of phenolic OH excluding ortho intramolecular Hbond substituents is 3. The van der Waals surface area contributed by atoms with E-state index in [0.29, 0.717) is 37.2 Å². The lowest BCUT2D eigenvalue weighted by Gasteiger charge is -2.54. The maximum absolute atomic E-state index is 16.4. The summed E-state index contributed by atoms with van der Waals surface area (Å²) in [5.41, 5.74) is 4.43. The zero-order valence-electron chi connectivity index (χ0n) is 63.9. The van der Waals surface area contributed by atoms with Gasteiger partial charge in [-0.25, -0.2) is 4.79 Å². The Morgan fingerprint density at radius 3 is 1.95 bits per heavy atom. The summed E-state index contributed by atoms with van der Waals surface area (Å²) in [5.74, 6) is -12.2. The highest BCUT2D eigenvalue weighted by Gasteiger charge is 2.51. The van der Waals surface area contributed by atoms with E-state index in [1.54, 1.807) is 19.2 Å². The molecule has 0 aromatic heterocycles. The van der Waals surface area contributed by atoms with E-state index in [1.807, 2.05) is 13.8 Å². The first-order valence-corrected chi connectivity index (χ1v) is 38.9. The molecule has 0 spiro atoms. The Kier molecular flexibility index (Phi) is 25.2. The molecule has 16 rings (SSSR count). The van der Waals surface area contributed by atoms with Crippen molar-refractivity contribution in [1.82, 2.24) is 53.2 Å². The van der Waals surface area contributed by atoms with Crippen LogP contribution in [0.2, 0.25) is 5.02 Å². The number of nitrogens with two attached hydrogens (primary N) is 1. The third-order valence-corrected chi connectivity index (χ3v) is 22.7. The van der Waals surface area contributed by atoms with Crippen molar-refractivity contribution in [2.75, 3.05) is 39.1 Å². The van der Waals surface area contributed by atoms with E-state index in [0.717, 1.165) is 80.6 Å². The molecule has 1 saturated heterocycles. The van der Waals surface area contributed by atoms with Crippen molar-refractivity contribution in [3.63, 3.8) is 0 Å². The number of halogens is 1. The van der Waals surface area contributed by atoms with Crippen molar-refractivity contribution < 1.29 is 108 Å². The fraction of sp³-hybridized carbons (Fsp3) is 0.444. The highest BCUT2D eigenvalue weighted by Crippen LogP contribution is 2.55. The summed E-state index contributed by atoms with van der Waals surface area (Å²) in [6.45, 7) is 5.80. The van der Waals surface area contributed by atoms with Crippen LogP contribution in [-0.4, -0.2) is 189 Å². The summed E-state index contributed by atoms with van der Waals surface area (Å²) in [6.07, 6.45) is -9.26. The van der Waals surface area contributed by atoms with Gasteiger partial charge in [0.2, 0.25) is 59.3 Å². The number of urea groups is 1.